The van der Waals surface area contributed by atoms with Crippen molar-refractivity contribution in [1.29, 1.82) is 0 Å². The lowest BCUT2D eigenvalue weighted by Gasteiger charge is -2.25. The Kier molecular flexibility index (Phi) is 5.78. The van der Waals surface area contributed by atoms with Crippen molar-refractivity contribution in [2.45, 2.75) is 0 Å². The number of thiophene rings is 1. The number of para-hydroxylation sites is 1. The average molecular weight is 618 g/mol. The fourth-order valence-corrected chi connectivity index (χ4v) is 8.53. The van der Waals surface area contributed by atoms with E-state index in [-0.39, 0.29) is 0 Å². The predicted octanol–water partition coefficient (Wildman–Crippen LogP) is 13.4. The molecular weight excluding hydrogens is 591 g/mol. The Labute approximate surface area is 275 Å². The summed E-state index contributed by atoms with van der Waals surface area (Å²) < 4.78 is 9.13. The SMILES string of the molecule is c1ccc(-c2cc3ccccc3c3sc4ccc(N(c5ccccc5)c5ccc6c(c5)oc5ccc7ccccc7c56)cc4c23)cc1. The Morgan fingerprint density at radius 1 is 0.426 bits per heavy atom. The smallest absolute Gasteiger partial charge is 0.137 e. The van der Waals surface area contributed by atoms with Crippen LogP contribution in [0.3, 0.4) is 0 Å². The van der Waals surface area contributed by atoms with Gasteiger partial charge in [0.2, 0.25) is 0 Å². The standard InChI is InChI=1S/C44H27NOS/c1-3-11-28(12-4-1)37-25-30-14-8-10-18-35(30)44-43(37)38-26-32(21-24-41(38)47-44)45(31-15-5-2-6-16-31)33-20-22-36-40(27-33)46-39-23-19-29-13-7-9-17-34(29)42(36)39/h1-27H. The summed E-state index contributed by atoms with van der Waals surface area (Å²) in [5.74, 6) is 0. The molecule has 0 aliphatic rings. The molecule has 0 amide bonds. The second-order valence-electron chi connectivity index (χ2n) is 12.1. The molecule has 3 heteroatoms. The maximum atomic E-state index is 6.52. The maximum Gasteiger partial charge on any atom is 0.137 e. The normalized spacial score (nSPS) is 11.8. The van der Waals surface area contributed by atoms with Crippen LogP contribution in [0.2, 0.25) is 0 Å². The molecule has 220 valence electrons. The van der Waals surface area contributed by atoms with Crippen LogP contribution in [0.15, 0.2) is 168 Å². The van der Waals surface area contributed by atoms with E-state index in [2.05, 4.69) is 169 Å². The lowest BCUT2D eigenvalue weighted by atomic mass is 9.95. The lowest BCUT2D eigenvalue weighted by Crippen LogP contribution is -2.09. The molecule has 0 aliphatic heterocycles. The van der Waals surface area contributed by atoms with Gasteiger partial charge in [0.25, 0.3) is 0 Å². The van der Waals surface area contributed by atoms with Crippen LogP contribution in [-0.4, -0.2) is 0 Å². The molecule has 2 aromatic heterocycles. The van der Waals surface area contributed by atoms with Crippen molar-refractivity contribution in [2.24, 2.45) is 0 Å². The highest BCUT2D eigenvalue weighted by Gasteiger charge is 2.20. The monoisotopic (exact) mass is 617 g/mol. The van der Waals surface area contributed by atoms with E-state index in [9.17, 15) is 0 Å². The third kappa shape index (κ3) is 4.10. The molecule has 0 atom stereocenters. The van der Waals surface area contributed by atoms with E-state index >= 15 is 0 Å². The first kappa shape index (κ1) is 26.3. The summed E-state index contributed by atoms with van der Waals surface area (Å²) in [6.07, 6.45) is 0. The molecule has 0 unspecified atom stereocenters. The van der Waals surface area contributed by atoms with E-state index in [0.717, 1.165) is 33.6 Å². The van der Waals surface area contributed by atoms with E-state index < -0.39 is 0 Å². The molecule has 0 bridgehead atoms. The highest BCUT2D eigenvalue weighted by atomic mass is 32.1. The van der Waals surface area contributed by atoms with E-state index in [1.807, 2.05) is 11.3 Å². The zero-order chi connectivity index (χ0) is 30.9. The number of hydrogen-bond donors (Lipinski definition) is 0. The van der Waals surface area contributed by atoms with Gasteiger partial charge in [0.05, 0.1) is 0 Å². The number of nitrogens with zero attached hydrogens (tertiary/aromatic N) is 1. The molecule has 0 saturated carbocycles. The van der Waals surface area contributed by atoms with Gasteiger partial charge in [-0.2, -0.15) is 0 Å². The summed E-state index contributed by atoms with van der Waals surface area (Å²) in [7, 11) is 0. The summed E-state index contributed by atoms with van der Waals surface area (Å²) in [6, 6.07) is 58.9. The van der Waals surface area contributed by atoms with Gasteiger partial charge in [-0.05, 0) is 87.3 Å². The quantitative estimate of drug-likeness (QED) is 0.195. The van der Waals surface area contributed by atoms with E-state index in [1.54, 1.807) is 0 Å². The summed E-state index contributed by atoms with van der Waals surface area (Å²) in [4.78, 5) is 2.34. The van der Waals surface area contributed by atoms with Gasteiger partial charge in [-0.3, -0.25) is 0 Å². The van der Waals surface area contributed by atoms with Gasteiger partial charge in [0, 0.05) is 54.1 Å². The minimum absolute atomic E-state index is 0.884. The Bertz CT molecular complexity index is 2790. The molecule has 2 nitrogen and oxygen atoms in total. The lowest BCUT2D eigenvalue weighted by molar-refractivity contribution is 0.669. The molecule has 0 aliphatic carbocycles. The first-order chi connectivity index (χ1) is 23.3. The molecule has 0 spiro atoms. The van der Waals surface area contributed by atoms with Crippen molar-refractivity contribution in [3.8, 4) is 11.1 Å². The van der Waals surface area contributed by atoms with Crippen LogP contribution in [0.5, 0.6) is 0 Å². The summed E-state index contributed by atoms with van der Waals surface area (Å²) in [6.45, 7) is 0. The van der Waals surface area contributed by atoms with Gasteiger partial charge < -0.3 is 9.32 Å². The number of hydrogen-bond acceptors (Lipinski definition) is 3. The summed E-state index contributed by atoms with van der Waals surface area (Å²) in [5, 5.41) is 9.88. The molecule has 2 heterocycles. The van der Waals surface area contributed by atoms with Crippen LogP contribution in [0, 0.1) is 0 Å². The van der Waals surface area contributed by atoms with Crippen molar-refractivity contribution >= 4 is 92.1 Å². The number of benzene rings is 8. The number of furan rings is 1. The van der Waals surface area contributed by atoms with Gasteiger partial charge in [-0.1, -0.05) is 103 Å². The fourth-order valence-electron chi connectivity index (χ4n) is 7.28. The summed E-state index contributed by atoms with van der Waals surface area (Å²) >= 11 is 1.88. The van der Waals surface area contributed by atoms with E-state index in [4.69, 9.17) is 4.42 Å². The molecule has 8 aromatic carbocycles. The van der Waals surface area contributed by atoms with Gasteiger partial charge in [0.15, 0.2) is 0 Å². The van der Waals surface area contributed by atoms with Gasteiger partial charge >= 0.3 is 0 Å². The van der Waals surface area contributed by atoms with Gasteiger partial charge in [-0.25, -0.2) is 0 Å². The Hall–Kier alpha value is -5.90. The van der Waals surface area contributed by atoms with E-state index in [0.29, 0.717) is 0 Å². The fraction of sp³-hybridized carbons (Fsp3) is 0. The average Bonchev–Trinajstić information content (AvgIpc) is 3.71. The van der Waals surface area contributed by atoms with Crippen molar-refractivity contribution in [1.82, 2.24) is 0 Å². The molecule has 0 saturated heterocycles. The second-order valence-corrected chi connectivity index (χ2v) is 13.2. The Morgan fingerprint density at radius 3 is 1.98 bits per heavy atom. The minimum Gasteiger partial charge on any atom is -0.456 e. The second kappa shape index (κ2) is 10.3. The number of rotatable bonds is 4. The van der Waals surface area contributed by atoms with Gasteiger partial charge in [-0.15, -0.1) is 11.3 Å². The zero-order valence-electron chi connectivity index (χ0n) is 25.4. The van der Waals surface area contributed by atoms with Crippen LogP contribution in [-0.2, 0) is 0 Å². The van der Waals surface area contributed by atoms with Crippen molar-refractivity contribution < 1.29 is 4.42 Å². The topological polar surface area (TPSA) is 16.4 Å². The van der Waals surface area contributed by atoms with Crippen LogP contribution in [0.4, 0.5) is 17.1 Å². The highest BCUT2D eigenvalue weighted by molar-refractivity contribution is 7.26. The van der Waals surface area contributed by atoms with Gasteiger partial charge in [0.1, 0.15) is 11.2 Å². The molecule has 10 rings (SSSR count). The molecule has 0 radical (unpaired) electrons. The zero-order valence-corrected chi connectivity index (χ0v) is 26.2. The third-order valence-corrected chi connectivity index (χ3v) is 10.6. The highest BCUT2D eigenvalue weighted by Crippen LogP contribution is 2.47. The molecule has 47 heavy (non-hydrogen) atoms. The first-order valence-corrected chi connectivity index (χ1v) is 16.7. The Morgan fingerprint density at radius 2 is 1.13 bits per heavy atom. The molecule has 10 aromatic rings. The van der Waals surface area contributed by atoms with E-state index in [1.165, 1.54) is 58.2 Å². The van der Waals surface area contributed by atoms with Crippen molar-refractivity contribution in [2.75, 3.05) is 4.90 Å². The van der Waals surface area contributed by atoms with Crippen molar-refractivity contribution in [3.63, 3.8) is 0 Å². The molecular formula is C44H27NOS. The number of anilines is 3. The summed E-state index contributed by atoms with van der Waals surface area (Å²) in [5.41, 5.74) is 7.56. The van der Waals surface area contributed by atoms with Crippen LogP contribution < -0.4 is 4.90 Å². The Balaban J connectivity index is 1.22. The van der Waals surface area contributed by atoms with Crippen molar-refractivity contribution in [3.05, 3.63) is 164 Å². The first-order valence-electron chi connectivity index (χ1n) is 15.9. The van der Waals surface area contributed by atoms with Crippen LogP contribution >= 0.6 is 11.3 Å². The molecule has 0 N–H and O–H groups in total. The van der Waals surface area contributed by atoms with Crippen LogP contribution in [0.25, 0.3) is 74.8 Å². The maximum absolute atomic E-state index is 6.52. The molecule has 0 fully saturated rings. The number of fused-ring (bicyclic) bond motifs is 10. The third-order valence-electron chi connectivity index (χ3n) is 9.41. The largest absolute Gasteiger partial charge is 0.456 e. The minimum atomic E-state index is 0.884. The predicted molar refractivity (Wildman–Crippen MR) is 202 cm³/mol. The van der Waals surface area contributed by atoms with Crippen LogP contribution in [0.1, 0.15) is 0 Å².